The van der Waals surface area contributed by atoms with E-state index in [2.05, 4.69) is 44.5 Å². The van der Waals surface area contributed by atoms with Gasteiger partial charge in [-0.25, -0.2) is 9.97 Å². The van der Waals surface area contributed by atoms with Crippen LogP contribution in [0.5, 0.6) is 0 Å². The number of hydrogen-bond acceptors (Lipinski definition) is 6. The highest BCUT2D eigenvalue weighted by Gasteiger charge is 2.27. The van der Waals surface area contributed by atoms with Crippen molar-refractivity contribution in [1.29, 1.82) is 0 Å². The van der Waals surface area contributed by atoms with Crippen molar-refractivity contribution in [2.75, 3.05) is 18.4 Å². The zero-order chi connectivity index (χ0) is 18.8. The number of hydrogen-bond donors (Lipinski definition) is 1. The van der Waals surface area contributed by atoms with Gasteiger partial charge in [0.05, 0.1) is 27.8 Å². The van der Waals surface area contributed by atoms with Crippen LogP contribution < -0.4 is 5.32 Å². The van der Waals surface area contributed by atoms with E-state index in [0.29, 0.717) is 17.7 Å². The van der Waals surface area contributed by atoms with Crippen molar-refractivity contribution in [3.05, 3.63) is 52.0 Å². The average Bonchev–Trinajstić information content (AvgIpc) is 3.36. The predicted octanol–water partition coefficient (Wildman–Crippen LogP) is 4.66. The Morgan fingerprint density at radius 3 is 2.81 bits per heavy atom. The van der Waals surface area contributed by atoms with E-state index in [1.165, 1.54) is 16.9 Å². The summed E-state index contributed by atoms with van der Waals surface area (Å²) in [6.07, 6.45) is 2.22. The Morgan fingerprint density at radius 1 is 1.26 bits per heavy atom. The monoisotopic (exact) mass is 398 g/mol. The minimum atomic E-state index is -0.00376. The molecule has 0 spiro atoms. The molecule has 1 amide bonds. The summed E-state index contributed by atoms with van der Waals surface area (Å²) in [5, 5.41) is 6.63. The molecule has 0 radical (unpaired) electrons. The SMILES string of the molecule is Cc1nc(C)c(-c2csc(NC(=O)CN3CCCC3c3ccccc3)n2)s1. The molecule has 7 heteroatoms. The van der Waals surface area contributed by atoms with Gasteiger partial charge in [0.25, 0.3) is 0 Å². The molecule has 1 saturated heterocycles. The van der Waals surface area contributed by atoms with E-state index in [9.17, 15) is 4.79 Å². The first-order chi connectivity index (χ1) is 13.1. The summed E-state index contributed by atoms with van der Waals surface area (Å²) in [6, 6.07) is 10.8. The summed E-state index contributed by atoms with van der Waals surface area (Å²) in [5.74, 6) is -0.00376. The fraction of sp³-hybridized carbons (Fsp3) is 0.350. The fourth-order valence-electron chi connectivity index (χ4n) is 3.62. The molecule has 0 aliphatic carbocycles. The van der Waals surface area contributed by atoms with Gasteiger partial charge < -0.3 is 5.32 Å². The van der Waals surface area contributed by atoms with Crippen molar-refractivity contribution in [3.63, 3.8) is 0 Å². The van der Waals surface area contributed by atoms with Crippen LogP contribution in [0.15, 0.2) is 35.7 Å². The van der Waals surface area contributed by atoms with Gasteiger partial charge in [-0.2, -0.15) is 0 Å². The normalized spacial score (nSPS) is 17.3. The van der Waals surface area contributed by atoms with Crippen molar-refractivity contribution in [3.8, 4) is 10.6 Å². The Labute approximate surface area is 167 Å². The lowest BCUT2D eigenvalue weighted by Gasteiger charge is -2.23. The number of carbonyl (C=O) groups is 1. The molecule has 1 aliphatic heterocycles. The van der Waals surface area contributed by atoms with Gasteiger partial charge in [-0.1, -0.05) is 30.3 Å². The number of aromatic nitrogens is 2. The first kappa shape index (κ1) is 18.3. The lowest BCUT2D eigenvalue weighted by molar-refractivity contribution is -0.117. The molecule has 3 heterocycles. The van der Waals surface area contributed by atoms with Gasteiger partial charge in [0.1, 0.15) is 0 Å². The maximum Gasteiger partial charge on any atom is 0.240 e. The number of nitrogens with one attached hydrogen (secondary N) is 1. The van der Waals surface area contributed by atoms with Crippen molar-refractivity contribution >= 4 is 33.7 Å². The van der Waals surface area contributed by atoms with Crippen molar-refractivity contribution in [1.82, 2.24) is 14.9 Å². The number of thiazole rings is 2. The van der Waals surface area contributed by atoms with Crippen molar-refractivity contribution < 1.29 is 4.79 Å². The quantitative estimate of drug-likeness (QED) is 0.679. The van der Waals surface area contributed by atoms with Crippen LogP contribution in [0, 0.1) is 13.8 Å². The second-order valence-corrected chi connectivity index (χ2v) is 8.83. The molecule has 2 aromatic heterocycles. The Hall–Kier alpha value is -2.09. The van der Waals surface area contributed by atoms with Gasteiger partial charge in [0, 0.05) is 11.4 Å². The second-order valence-electron chi connectivity index (χ2n) is 6.77. The van der Waals surface area contributed by atoms with Gasteiger partial charge in [0.2, 0.25) is 5.91 Å². The van der Waals surface area contributed by atoms with Gasteiger partial charge in [0.15, 0.2) is 5.13 Å². The van der Waals surface area contributed by atoms with E-state index in [-0.39, 0.29) is 5.91 Å². The number of carbonyl (C=O) groups excluding carboxylic acids is 1. The van der Waals surface area contributed by atoms with Crippen LogP contribution in [0.1, 0.15) is 35.1 Å². The third kappa shape index (κ3) is 4.10. The van der Waals surface area contributed by atoms with E-state index in [1.807, 2.05) is 25.3 Å². The Balaban J connectivity index is 1.40. The maximum absolute atomic E-state index is 12.6. The summed E-state index contributed by atoms with van der Waals surface area (Å²) in [6.45, 7) is 5.34. The molecule has 1 aromatic carbocycles. The van der Waals surface area contributed by atoms with Gasteiger partial charge in [-0.05, 0) is 38.8 Å². The van der Waals surface area contributed by atoms with E-state index >= 15 is 0 Å². The summed E-state index contributed by atoms with van der Waals surface area (Å²) in [7, 11) is 0. The van der Waals surface area contributed by atoms with Crippen LogP contribution >= 0.6 is 22.7 Å². The van der Waals surface area contributed by atoms with Gasteiger partial charge in [-0.15, -0.1) is 22.7 Å². The summed E-state index contributed by atoms with van der Waals surface area (Å²) in [4.78, 5) is 24.9. The molecule has 0 bridgehead atoms. The molecule has 4 rings (SSSR count). The molecule has 1 fully saturated rings. The summed E-state index contributed by atoms with van der Waals surface area (Å²) >= 11 is 3.10. The minimum absolute atomic E-state index is 0.00376. The van der Waals surface area contributed by atoms with Crippen LogP contribution in [-0.4, -0.2) is 33.9 Å². The molecular formula is C20H22N4OS2. The van der Waals surface area contributed by atoms with Crippen molar-refractivity contribution in [2.24, 2.45) is 0 Å². The molecule has 3 aromatic rings. The highest BCUT2D eigenvalue weighted by Crippen LogP contribution is 2.33. The zero-order valence-corrected chi connectivity index (χ0v) is 17.1. The fourth-order valence-corrected chi connectivity index (χ4v) is 5.29. The van der Waals surface area contributed by atoms with E-state index < -0.39 is 0 Å². The Morgan fingerprint density at radius 2 is 2.07 bits per heavy atom. The Bertz CT molecular complexity index is 935. The largest absolute Gasteiger partial charge is 0.301 e. The highest BCUT2D eigenvalue weighted by molar-refractivity contribution is 7.16. The number of aryl methyl sites for hydroxylation is 2. The van der Waals surface area contributed by atoms with Crippen LogP contribution in [-0.2, 0) is 4.79 Å². The van der Waals surface area contributed by atoms with Gasteiger partial charge in [-0.3, -0.25) is 9.69 Å². The number of likely N-dealkylation sites (tertiary alicyclic amines) is 1. The molecule has 1 N–H and O–H groups in total. The first-order valence-electron chi connectivity index (χ1n) is 9.09. The number of nitrogens with zero attached hydrogens (tertiary/aromatic N) is 3. The van der Waals surface area contributed by atoms with E-state index in [1.54, 1.807) is 11.3 Å². The molecule has 1 atom stereocenters. The van der Waals surface area contributed by atoms with E-state index in [0.717, 1.165) is 40.7 Å². The topological polar surface area (TPSA) is 58.1 Å². The average molecular weight is 399 g/mol. The molecule has 0 saturated carbocycles. The molecule has 1 unspecified atom stereocenters. The van der Waals surface area contributed by atoms with Crippen LogP contribution in [0.2, 0.25) is 0 Å². The summed E-state index contributed by atoms with van der Waals surface area (Å²) in [5.41, 5.74) is 3.17. The molecule has 5 nitrogen and oxygen atoms in total. The predicted molar refractivity (Wildman–Crippen MR) is 111 cm³/mol. The Kier molecular flexibility index (Phi) is 5.33. The number of anilines is 1. The van der Waals surface area contributed by atoms with Crippen LogP contribution in [0.3, 0.4) is 0 Å². The number of rotatable bonds is 5. The second kappa shape index (κ2) is 7.88. The highest BCUT2D eigenvalue weighted by atomic mass is 32.1. The van der Waals surface area contributed by atoms with Crippen LogP contribution in [0.4, 0.5) is 5.13 Å². The maximum atomic E-state index is 12.6. The van der Waals surface area contributed by atoms with E-state index in [4.69, 9.17) is 0 Å². The standard InChI is InChI=1S/C20H22N4OS2/c1-13-19(27-14(2)21-13)16-12-26-20(22-16)23-18(25)11-24-10-6-9-17(24)15-7-4-3-5-8-15/h3-5,7-8,12,17H,6,9-11H2,1-2H3,(H,22,23,25). The third-order valence-corrected chi connectivity index (χ3v) is 6.63. The van der Waals surface area contributed by atoms with Crippen LogP contribution in [0.25, 0.3) is 10.6 Å². The summed E-state index contributed by atoms with van der Waals surface area (Å²) < 4.78 is 0. The molecule has 140 valence electrons. The van der Waals surface area contributed by atoms with Gasteiger partial charge >= 0.3 is 0 Å². The van der Waals surface area contributed by atoms with Crippen molar-refractivity contribution in [2.45, 2.75) is 32.7 Å². The lowest BCUT2D eigenvalue weighted by Crippen LogP contribution is -2.32. The lowest BCUT2D eigenvalue weighted by atomic mass is 10.0. The number of benzene rings is 1. The first-order valence-corrected chi connectivity index (χ1v) is 10.8. The molecule has 1 aliphatic rings. The number of amides is 1. The zero-order valence-electron chi connectivity index (χ0n) is 15.4. The third-order valence-electron chi connectivity index (χ3n) is 4.78. The molecular weight excluding hydrogens is 376 g/mol. The molecule has 27 heavy (non-hydrogen) atoms. The smallest absolute Gasteiger partial charge is 0.240 e. The minimum Gasteiger partial charge on any atom is -0.301 e.